The van der Waals surface area contributed by atoms with Crippen molar-refractivity contribution in [1.29, 1.82) is 0 Å². The molecule has 2 aromatic rings. The molecule has 22 heavy (non-hydrogen) atoms. The second kappa shape index (κ2) is 7.83. The summed E-state index contributed by atoms with van der Waals surface area (Å²) in [6.07, 6.45) is -0.211. The molecule has 2 aromatic carbocycles. The van der Waals surface area contributed by atoms with E-state index in [4.69, 9.17) is 4.74 Å². The highest BCUT2D eigenvalue weighted by Crippen LogP contribution is 2.21. The predicted molar refractivity (Wildman–Crippen MR) is 80.0 cm³/mol. The molecule has 0 heterocycles. The zero-order valence-corrected chi connectivity index (χ0v) is 12.0. The summed E-state index contributed by atoms with van der Waals surface area (Å²) in [5.74, 6) is -0.985. The van der Waals surface area contributed by atoms with Crippen LogP contribution in [0.15, 0.2) is 54.6 Å². The van der Waals surface area contributed by atoms with Crippen molar-refractivity contribution in [1.82, 2.24) is 5.32 Å². The van der Waals surface area contributed by atoms with Crippen LogP contribution in [-0.4, -0.2) is 25.0 Å². The Morgan fingerprint density at radius 1 is 0.955 bits per heavy atom. The molecule has 1 amide bonds. The topological polar surface area (TPSA) is 78.5 Å². The molecule has 1 N–H and O–H groups in total. The smallest absolute Gasteiger partial charge is 0.257 e. The van der Waals surface area contributed by atoms with Gasteiger partial charge in [0.05, 0.1) is 0 Å². The Balaban J connectivity index is 1.82. The second-order valence-electron chi connectivity index (χ2n) is 4.65. The van der Waals surface area contributed by atoms with Crippen molar-refractivity contribution in [2.75, 3.05) is 13.2 Å². The Hall–Kier alpha value is -2.82. The van der Waals surface area contributed by atoms with Crippen molar-refractivity contribution in [2.24, 2.45) is 0 Å². The van der Waals surface area contributed by atoms with Crippen molar-refractivity contribution in [2.45, 2.75) is 6.42 Å². The number of aliphatic carboxylic acids is 1. The molecule has 0 atom stereocenters. The van der Waals surface area contributed by atoms with Crippen LogP contribution >= 0.6 is 0 Å². The molecule has 0 saturated carbocycles. The maximum absolute atomic E-state index is 11.4. The number of nitrogens with one attached hydrogen (secondary N) is 1. The minimum Gasteiger partial charge on any atom is -0.550 e. The summed E-state index contributed by atoms with van der Waals surface area (Å²) in [4.78, 5) is 21.7. The van der Waals surface area contributed by atoms with E-state index in [2.05, 4.69) is 5.32 Å². The van der Waals surface area contributed by atoms with Gasteiger partial charge < -0.3 is 20.0 Å². The lowest BCUT2D eigenvalue weighted by atomic mass is 10.1. The highest BCUT2D eigenvalue weighted by atomic mass is 16.5. The lowest BCUT2D eigenvalue weighted by Crippen LogP contribution is -2.33. The van der Waals surface area contributed by atoms with Gasteiger partial charge in [-0.15, -0.1) is 0 Å². The Labute approximate surface area is 128 Å². The van der Waals surface area contributed by atoms with Crippen molar-refractivity contribution >= 4 is 11.9 Å². The van der Waals surface area contributed by atoms with E-state index in [1.165, 1.54) is 0 Å². The van der Waals surface area contributed by atoms with E-state index in [-0.39, 0.29) is 25.5 Å². The first-order valence-electron chi connectivity index (χ1n) is 6.90. The zero-order valence-electron chi connectivity index (χ0n) is 12.0. The maximum atomic E-state index is 11.4. The summed E-state index contributed by atoms with van der Waals surface area (Å²) in [6, 6.07) is 17.3. The molecule has 0 radical (unpaired) electrons. The summed E-state index contributed by atoms with van der Waals surface area (Å²) in [6.45, 7) is -0.116. The molecule has 2 rings (SSSR count). The SMILES string of the molecule is O=C([O-])CCNC(=O)COc1ccc(-c2ccccc2)cc1. The summed E-state index contributed by atoms with van der Waals surface area (Å²) in [5, 5.41) is 12.7. The molecular formula is C17H16NO4-. The third-order valence-corrected chi connectivity index (χ3v) is 2.98. The van der Waals surface area contributed by atoms with Crippen molar-refractivity contribution in [3.63, 3.8) is 0 Å². The molecular weight excluding hydrogens is 282 g/mol. The molecule has 0 aliphatic rings. The number of carbonyl (C=O) groups is 2. The minimum atomic E-state index is -1.20. The number of carbonyl (C=O) groups excluding carboxylic acids is 2. The van der Waals surface area contributed by atoms with Gasteiger partial charge in [-0.3, -0.25) is 4.79 Å². The van der Waals surface area contributed by atoms with Crippen LogP contribution in [0.3, 0.4) is 0 Å². The van der Waals surface area contributed by atoms with Crippen LogP contribution < -0.4 is 15.2 Å². The fourth-order valence-corrected chi connectivity index (χ4v) is 1.88. The van der Waals surface area contributed by atoms with E-state index in [1.54, 1.807) is 12.1 Å². The Morgan fingerprint density at radius 3 is 2.23 bits per heavy atom. The van der Waals surface area contributed by atoms with Crippen LogP contribution in [0.4, 0.5) is 0 Å². The van der Waals surface area contributed by atoms with Crippen LogP contribution in [0.25, 0.3) is 11.1 Å². The van der Waals surface area contributed by atoms with Crippen molar-refractivity contribution < 1.29 is 19.4 Å². The maximum Gasteiger partial charge on any atom is 0.257 e. The van der Waals surface area contributed by atoms with Gasteiger partial charge in [-0.2, -0.15) is 0 Å². The fraction of sp³-hybridized carbons (Fsp3) is 0.176. The number of carboxylic acid groups (broad SMARTS) is 1. The number of rotatable bonds is 7. The molecule has 0 saturated heterocycles. The molecule has 5 heteroatoms. The van der Waals surface area contributed by atoms with E-state index >= 15 is 0 Å². The first-order valence-corrected chi connectivity index (χ1v) is 6.90. The third kappa shape index (κ3) is 4.94. The predicted octanol–water partition coefficient (Wildman–Crippen LogP) is 0.989. The van der Waals surface area contributed by atoms with Crippen LogP contribution in [-0.2, 0) is 9.59 Å². The summed E-state index contributed by atoms with van der Waals surface area (Å²) in [7, 11) is 0. The van der Waals surface area contributed by atoms with Gasteiger partial charge in [-0.05, 0) is 23.3 Å². The van der Waals surface area contributed by atoms with Gasteiger partial charge in [-0.25, -0.2) is 0 Å². The summed E-state index contributed by atoms with van der Waals surface area (Å²) in [5.41, 5.74) is 2.17. The molecule has 114 valence electrons. The Kier molecular flexibility index (Phi) is 5.54. The standard InChI is InChI=1S/C17H17NO4/c19-16(18-11-10-17(20)21)12-22-15-8-6-14(7-9-15)13-4-2-1-3-5-13/h1-9H,10-12H2,(H,18,19)(H,20,21)/p-1. The first-order chi connectivity index (χ1) is 10.6. The number of benzene rings is 2. The fourth-order valence-electron chi connectivity index (χ4n) is 1.88. The monoisotopic (exact) mass is 298 g/mol. The molecule has 0 unspecified atom stereocenters. The molecule has 5 nitrogen and oxygen atoms in total. The van der Waals surface area contributed by atoms with E-state index in [1.807, 2.05) is 42.5 Å². The summed E-state index contributed by atoms with van der Waals surface area (Å²) < 4.78 is 5.34. The minimum absolute atomic E-state index is 0.0392. The van der Waals surface area contributed by atoms with E-state index < -0.39 is 5.97 Å². The molecule has 0 fully saturated rings. The van der Waals surface area contributed by atoms with E-state index in [0.29, 0.717) is 5.75 Å². The lowest BCUT2D eigenvalue weighted by Gasteiger charge is -2.08. The van der Waals surface area contributed by atoms with Crippen molar-refractivity contribution in [3.8, 4) is 16.9 Å². The number of hydrogen-bond acceptors (Lipinski definition) is 4. The summed E-state index contributed by atoms with van der Waals surface area (Å²) >= 11 is 0. The quantitative estimate of drug-likeness (QED) is 0.827. The Morgan fingerprint density at radius 2 is 1.59 bits per heavy atom. The average molecular weight is 298 g/mol. The highest BCUT2D eigenvalue weighted by Gasteiger charge is 2.03. The molecule has 0 aromatic heterocycles. The third-order valence-electron chi connectivity index (χ3n) is 2.98. The number of amides is 1. The number of ether oxygens (including phenoxy) is 1. The van der Waals surface area contributed by atoms with Crippen molar-refractivity contribution in [3.05, 3.63) is 54.6 Å². The second-order valence-corrected chi connectivity index (χ2v) is 4.65. The van der Waals surface area contributed by atoms with Gasteiger partial charge in [-0.1, -0.05) is 42.5 Å². The van der Waals surface area contributed by atoms with Gasteiger partial charge in [0.1, 0.15) is 5.75 Å². The first kappa shape index (κ1) is 15.6. The highest BCUT2D eigenvalue weighted by molar-refractivity contribution is 5.78. The Bertz CT molecular complexity index is 623. The molecule has 0 aliphatic carbocycles. The van der Waals surface area contributed by atoms with Gasteiger partial charge in [0.15, 0.2) is 6.61 Å². The average Bonchev–Trinajstić information content (AvgIpc) is 2.54. The normalized spacial score (nSPS) is 10.0. The van der Waals surface area contributed by atoms with Crippen LogP contribution in [0.2, 0.25) is 0 Å². The van der Waals surface area contributed by atoms with Gasteiger partial charge in [0.2, 0.25) is 0 Å². The molecule has 0 bridgehead atoms. The lowest BCUT2D eigenvalue weighted by molar-refractivity contribution is -0.305. The van der Waals surface area contributed by atoms with E-state index in [0.717, 1.165) is 11.1 Å². The number of hydrogen-bond donors (Lipinski definition) is 1. The largest absolute Gasteiger partial charge is 0.550 e. The molecule has 0 spiro atoms. The van der Waals surface area contributed by atoms with Gasteiger partial charge in [0, 0.05) is 18.9 Å². The van der Waals surface area contributed by atoms with Crippen LogP contribution in [0, 0.1) is 0 Å². The molecule has 0 aliphatic heterocycles. The van der Waals surface area contributed by atoms with Gasteiger partial charge in [0.25, 0.3) is 5.91 Å². The van der Waals surface area contributed by atoms with Crippen LogP contribution in [0.1, 0.15) is 6.42 Å². The van der Waals surface area contributed by atoms with E-state index in [9.17, 15) is 14.7 Å². The zero-order chi connectivity index (χ0) is 15.8. The number of carboxylic acids is 1. The van der Waals surface area contributed by atoms with Crippen LogP contribution in [0.5, 0.6) is 5.75 Å². The van der Waals surface area contributed by atoms with Gasteiger partial charge >= 0.3 is 0 Å².